The van der Waals surface area contributed by atoms with Crippen LogP contribution in [0.3, 0.4) is 0 Å². The molecule has 1 aromatic heterocycles. The number of ether oxygens (including phenoxy) is 1. The van der Waals surface area contributed by atoms with Crippen LogP contribution in [0.25, 0.3) is 0 Å². The Hall–Kier alpha value is -2.05. The molecule has 1 aromatic carbocycles. The molecule has 1 N–H and O–H groups in total. The van der Waals surface area contributed by atoms with Gasteiger partial charge in [0.25, 0.3) is 0 Å². The van der Waals surface area contributed by atoms with Gasteiger partial charge < -0.3 is 19.0 Å². The van der Waals surface area contributed by atoms with Crippen LogP contribution in [0.4, 0.5) is 0 Å². The molecule has 0 saturated carbocycles. The van der Waals surface area contributed by atoms with Gasteiger partial charge in [0.2, 0.25) is 5.43 Å². The molecule has 5 nitrogen and oxygen atoms in total. The minimum Gasteiger partial charge on any atom is -0.483 e. The fraction of sp³-hybridized carbons (Fsp3) is 0.421. The van der Waals surface area contributed by atoms with Crippen molar-refractivity contribution in [2.24, 2.45) is 0 Å². The standard InChI is InChI=1S/C19H24BNO4/c1-13-17(16(22)10-11-21-13)23-12-14-6-8-15(9-7-14)20-24-18(2,3)19(4,5)25-20/h6-11H,12H2,1-5H3,(H,21,22). The fourth-order valence-corrected chi connectivity index (χ4v) is 2.65. The van der Waals surface area contributed by atoms with E-state index < -0.39 is 0 Å². The third-order valence-corrected chi connectivity index (χ3v) is 4.99. The highest BCUT2D eigenvalue weighted by molar-refractivity contribution is 6.62. The number of benzene rings is 1. The molecule has 1 aliphatic heterocycles. The van der Waals surface area contributed by atoms with Crippen LogP contribution >= 0.6 is 0 Å². The van der Waals surface area contributed by atoms with E-state index in [-0.39, 0.29) is 23.7 Å². The van der Waals surface area contributed by atoms with Crippen LogP contribution in [0.2, 0.25) is 0 Å². The second-order valence-corrected chi connectivity index (χ2v) is 7.41. The van der Waals surface area contributed by atoms with Crippen molar-refractivity contribution in [2.75, 3.05) is 0 Å². The molecule has 0 amide bonds. The Labute approximate surface area is 148 Å². The summed E-state index contributed by atoms with van der Waals surface area (Å²) in [6.45, 7) is 10.3. The van der Waals surface area contributed by atoms with Crippen molar-refractivity contribution in [1.82, 2.24) is 4.98 Å². The van der Waals surface area contributed by atoms with Gasteiger partial charge in [0.15, 0.2) is 5.75 Å². The summed E-state index contributed by atoms with van der Waals surface area (Å²) in [4.78, 5) is 14.8. The fourth-order valence-electron chi connectivity index (χ4n) is 2.65. The van der Waals surface area contributed by atoms with Crippen molar-refractivity contribution < 1.29 is 14.0 Å². The van der Waals surface area contributed by atoms with Gasteiger partial charge in [-0.2, -0.15) is 0 Å². The summed E-state index contributed by atoms with van der Waals surface area (Å²) in [6.07, 6.45) is 1.61. The molecule has 25 heavy (non-hydrogen) atoms. The van der Waals surface area contributed by atoms with Crippen molar-refractivity contribution >= 4 is 12.6 Å². The average Bonchev–Trinajstić information content (AvgIpc) is 2.75. The third kappa shape index (κ3) is 3.50. The Balaban J connectivity index is 1.68. The van der Waals surface area contributed by atoms with E-state index in [0.29, 0.717) is 12.4 Å². The molecule has 0 aliphatic carbocycles. The molecule has 2 heterocycles. The van der Waals surface area contributed by atoms with Crippen molar-refractivity contribution in [3.05, 3.63) is 58.0 Å². The van der Waals surface area contributed by atoms with Crippen molar-refractivity contribution in [1.29, 1.82) is 0 Å². The number of hydrogen-bond donors (Lipinski definition) is 1. The minimum absolute atomic E-state index is 0.120. The second-order valence-electron chi connectivity index (χ2n) is 7.41. The van der Waals surface area contributed by atoms with E-state index in [4.69, 9.17) is 14.0 Å². The highest BCUT2D eigenvalue weighted by Crippen LogP contribution is 2.36. The van der Waals surface area contributed by atoms with Gasteiger partial charge in [0.1, 0.15) is 6.61 Å². The number of hydrogen-bond acceptors (Lipinski definition) is 4. The zero-order valence-corrected chi connectivity index (χ0v) is 15.4. The average molecular weight is 341 g/mol. The Morgan fingerprint density at radius 3 is 2.20 bits per heavy atom. The van der Waals surface area contributed by atoms with Gasteiger partial charge in [-0.25, -0.2) is 0 Å². The Bertz CT molecular complexity index is 795. The van der Waals surface area contributed by atoms with E-state index in [2.05, 4.69) is 4.98 Å². The molecule has 2 aromatic rings. The predicted molar refractivity (Wildman–Crippen MR) is 98.3 cm³/mol. The van der Waals surface area contributed by atoms with Gasteiger partial charge in [0.05, 0.1) is 16.9 Å². The number of aromatic amines is 1. The first-order valence-electron chi connectivity index (χ1n) is 8.45. The topological polar surface area (TPSA) is 60.6 Å². The molecule has 6 heteroatoms. The van der Waals surface area contributed by atoms with E-state index in [1.807, 2.05) is 58.9 Å². The highest BCUT2D eigenvalue weighted by atomic mass is 16.7. The lowest BCUT2D eigenvalue weighted by Gasteiger charge is -2.32. The minimum atomic E-state index is -0.376. The van der Waals surface area contributed by atoms with Gasteiger partial charge >= 0.3 is 7.12 Å². The first-order chi connectivity index (χ1) is 11.7. The monoisotopic (exact) mass is 341 g/mol. The Kier molecular flexibility index (Phi) is 4.52. The van der Waals surface area contributed by atoms with Gasteiger partial charge in [0, 0.05) is 12.3 Å². The predicted octanol–water partition coefficient (Wildman–Crippen LogP) is 2.56. The van der Waals surface area contributed by atoms with E-state index in [1.54, 1.807) is 6.20 Å². The summed E-state index contributed by atoms with van der Waals surface area (Å²) in [5.41, 5.74) is 1.84. The maximum Gasteiger partial charge on any atom is 0.494 e. The third-order valence-electron chi connectivity index (χ3n) is 4.99. The summed E-state index contributed by atoms with van der Waals surface area (Å²) in [5.74, 6) is 0.359. The molecule has 0 atom stereocenters. The van der Waals surface area contributed by atoms with Crippen LogP contribution in [0, 0.1) is 6.92 Å². The van der Waals surface area contributed by atoms with E-state index in [9.17, 15) is 4.79 Å². The van der Waals surface area contributed by atoms with E-state index in [0.717, 1.165) is 16.7 Å². The molecule has 1 aliphatic rings. The second kappa shape index (κ2) is 6.35. The van der Waals surface area contributed by atoms with Gasteiger partial charge in [-0.1, -0.05) is 24.3 Å². The molecule has 0 radical (unpaired) electrons. The van der Waals surface area contributed by atoms with Gasteiger partial charge in [-0.3, -0.25) is 4.79 Å². The van der Waals surface area contributed by atoms with Crippen molar-refractivity contribution in [3.63, 3.8) is 0 Å². The number of aryl methyl sites for hydroxylation is 1. The number of aromatic nitrogens is 1. The molecular formula is C19H24BNO4. The molecule has 1 fully saturated rings. The number of pyridine rings is 1. The van der Waals surface area contributed by atoms with Crippen LogP contribution in [-0.2, 0) is 15.9 Å². The SMILES string of the molecule is Cc1[nH]ccc(=O)c1OCc1ccc(B2OC(C)(C)C(C)(C)O2)cc1. The zero-order valence-electron chi connectivity index (χ0n) is 15.4. The lowest BCUT2D eigenvalue weighted by Crippen LogP contribution is -2.41. The number of H-pyrrole nitrogens is 1. The van der Waals surface area contributed by atoms with Crippen molar-refractivity contribution in [3.8, 4) is 5.75 Å². The highest BCUT2D eigenvalue weighted by Gasteiger charge is 2.51. The summed E-state index contributed by atoms with van der Waals surface area (Å²) in [6, 6.07) is 9.34. The Morgan fingerprint density at radius 2 is 1.64 bits per heavy atom. The number of rotatable bonds is 4. The summed E-state index contributed by atoms with van der Waals surface area (Å²) in [7, 11) is -0.376. The first-order valence-corrected chi connectivity index (χ1v) is 8.45. The van der Waals surface area contributed by atoms with Gasteiger partial charge in [-0.05, 0) is 45.6 Å². The van der Waals surface area contributed by atoms with E-state index in [1.165, 1.54) is 6.07 Å². The lowest BCUT2D eigenvalue weighted by molar-refractivity contribution is 0.00578. The summed E-state index contributed by atoms with van der Waals surface area (Å²) >= 11 is 0. The molecule has 132 valence electrons. The number of nitrogens with one attached hydrogen (secondary N) is 1. The van der Waals surface area contributed by atoms with Crippen LogP contribution in [-0.4, -0.2) is 23.3 Å². The quantitative estimate of drug-likeness (QED) is 0.869. The largest absolute Gasteiger partial charge is 0.494 e. The molecule has 0 unspecified atom stereocenters. The summed E-state index contributed by atoms with van der Waals surface area (Å²) < 4.78 is 17.8. The van der Waals surface area contributed by atoms with Crippen LogP contribution < -0.4 is 15.6 Å². The molecular weight excluding hydrogens is 317 g/mol. The molecule has 1 saturated heterocycles. The summed E-state index contributed by atoms with van der Waals surface area (Å²) in [5, 5.41) is 0. The molecule has 0 spiro atoms. The maximum atomic E-state index is 11.8. The first kappa shape index (κ1) is 17.8. The lowest BCUT2D eigenvalue weighted by atomic mass is 9.79. The van der Waals surface area contributed by atoms with Crippen LogP contribution in [0.5, 0.6) is 5.75 Å². The van der Waals surface area contributed by atoms with Crippen LogP contribution in [0.15, 0.2) is 41.3 Å². The maximum absolute atomic E-state index is 11.8. The smallest absolute Gasteiger partial charge is 0.483 e. The normalized spacial score (nSPS) is 18.4. The zero-order chi connectivity index (χ0) is 18.2. The van der Waals surface area contributed by atoms with Gasteiger partial charge in [-0.15, -0.1) is 0 Å². The van der Waals surface area contributed by atoms with Crippen molar-refractivity contribution in [2.45, 2.75) is 52.4 Å². The Morgan fingerprint density at radius 1 is 1.04 bits per heavy atom. The molecule has 0 bridgehead atoms. The van der Waals surface area contributed by atoms with E-state index >= 15 is 0 Å². The van der Waals surface area contributed by atoms with Crippen LogP contribution in [0.1, 0.15) is 39.0 Å². The molecule has 3 rings (SSSR count).